The molecule has 8 nitrogen and oxygen atoms in total. The van der Waals surface area contributed by atoms with E-state index in [1.54, 1.807) is 23.3 Å². The number of hydrogen-bond donors (Lipinski definition) is 0. The van der Waals surface area contributed by atoms with Crippen LogP contribution in [0.3, 0.4) is 0 Å². The quantitative estimate of drug-likeness (QED) is 0.694. The van der Waals surface area contributed by atoms with E-state index in [0.717, 1.165) is 29.5 Å². The molecule has 2 aromatic rings. The molecule has 0 saturated carbocycles. The van der Waals surface area contributed by atoms with Crippen LogP contribution >= 0.6 is 11.3 Å². The van der Waals surface area contributed by atoms with Crippen molar-refractivity contribution in [2.24, 2.45) is 0 Å². The van der Waals surface area contributed by atoms with Gasteiger partial charge in [0, 0.05) is 31.8 Å². The van der Waals surface area contributed by atoms with Gasteiger partial charge in [-0.25, -0.2) is 9.78 Å². The Morgan fingerprint density at radius 3 is 3.00 bits per heavy atom. The average Bonchev–Trinajstić information content (AvgIpc) is 3.23. The number of rotatable bonds is 7. The molecule has 3 rings (SSSR count). The van der Waals surface area contributed by atoms with Gasteiger partial charge in [-0.1, -0.05) is 0 Å². The largest absolute Gasteiger partial charge is 0.447 e. The maximum Gasteiger partial charge on any atom is 0.410 e. The molecular weight excluding hydrogens is 342 g/mol. The minimum atomic E-state index is -0.299. The number of fused-ring (bicyclic) bond motifs is 1. The molecule has 3 heterocycles. The molecule has 0 saturated heterocycles. The highest BCUT2D eigenvalue weighted by Gasteiger charge is 2.23. The van der Waals surface area contributed by atoms with Crippen molar-refractivity contribution >= 4 is 17.4 Å². The number of hydrogen-bond acceptors (Lipinski definition) is 7. The van der Waals surface area contributed by atoms with E-state index in [1.165, 1.54) is 0 Å². The van der Waals surface area contributed by atoms with E-state index in [9.17, 15) is 4.79 Å². The highest BCUT2D eigenvalue weighted by molar-refractivity contribution is 7.09. The fourth-order valence-electron chi connectivity index (χ4n) is 2.76. The molecule has 25 heavy (non-hydrogen) atoms. The third-order valence-electron chi connectivity index (χ3n) is 3.94. The first kappa shape index (κ1) is 17.8. The van der Waals surface area contributed by atoms with Crippen molar-refractivity contribution in [2.45, 2.75) is 26.2 Å². The number of amides is 1. The second kappa shape index (κ2) is 8.41. The molecule has 0 spiro atoms. The van der Waals surface area contributed by atoms with Crippen LogP contribution in [0.2, 0.25) is 0 Å². The van der Waals surface area contributed by atoms with Crippen LogP contribution < -0.4 is 0 Å². The molecule has 0 bridgehead atoms. The Morgan fingerprint density at radius 1 is 1.36 bits per heavy atom. The summed E-state index contributed by atoms with van der Waals surface area (Å²) >= 11 is 1.66. The standard InChI is InChI=1S/C16H23N5O3S/c1-19(12-15-17-3-8-25-15)10-13-9-14-11-20(4-5-21(14)18-13)16(22)24-7-6-23-2/h3,8-9H,4-7,10-12H2,1-2H3. The molecule has 2 aromatic heterocycles. The highest BCUT2D eigenvalue weighted by atomic mass is 32.1. The topological polar surface area (TPSA) is 72.7 Å². The van der Waals surface area contributed by atoms with Crippen LogP contribution in [0.1, 0.15) is 16.4 Å². The monoisotopic (exact) mass is 365 g/mol. The van der Waals surface area contributed by atoms with Crippen molar-refractivity contribution in [1.29, 1.82) is 0 Å². The molecule has 0 atom stereocenters. The summed E-state index contributed by atoms with van der Waals surface area (Å²) in [6.45, 7) is 4.05. The van der Waals surface area contributed by atoms with Gasteiger partial charge in [-0.15, -0.1) is 11.3 Å². The molecule has 136 valence electrons. The fraction of sp³-hybridized carbons (Fsp3) is 0.562. The van der Waals surface area contributed by atoms with E-state index in [0.29, 0.717) is 26.2 Å². The van der Waals surface area contributed by atoms with Crippen molar-refractivity contribution in [2.75, 3.05) is 33.9 Å². The van der Waals surface area contributed by atoms with Crippen LogP contribution in [-0.2, 0) is 35.7 Å². The number of carbonyl (C=O) groups excluding carboxylic acids is 1. The Morgan fingerprint density at radius 2 is 2.24 bits per heavy atom. The molecule has 0 radical (unpaired) electrons. The van der Waals surface area contributed by atoms with Gasteiger partial charge in [-0.2, -0.15) is 5.10 Å². The minimum absolute atomic E-state index is 0.276. The predicted octanol–water partition coefficient (Wildman–Crippen LogP) is 1.57. The zero-order chi connectivity index (χ0) is 17.6. The zero-order valence-electron chi connectivity index (χ0n) is 14.6. The smallest absolute Gasteiger partial charge is 0.410 e. The molecule has 0 fully saturated rings. The molecule has 1 aliphatic rings. The number of methoxy groups -OCH3 is 1. The number of nitrogens with zero attached hydrogens (tertiary/aromatic N) is 5. The zero-order valence-corrected chi connectivity index (χ0v) is 15.4. The van der Waals surface area contributed by atoms with E-state index in [4.69, 9.17) is 9.47 Å². The molecule has 1 aliphatic heterocycles. The lowest BCUT2D eigenvalue weighted by Crippen LogP contribution is -2.39. The molecular formula is C16H23N5O3S. The summed E-state index contributed by atoms with van der Waals surface area (Å²) in [6, 6.07) is 2.06. The van der Waals surface area contributed by atoms with Crippen LogP contribution in [-0.4, -0.2) is 64.6 Å². The Hall–Kier alpha value is -1.97. The normalized spacial score (nSPS) is 14.0. The van der Waals surface area contributed by atoms with Crippen LogP contribution in [0.4, 0.5) is 4.79 Å². The highest BCUT2D eigenvalue weighted by Crippen LogP contribution is 2.16. The van der Waals surface area contributed by atoms with E-state index >= 15 is 0 Å². The fourth-order valence-corrected chi connectivity index (χ4v) is 3.45. The van der Waals surface area contributed by atoms with E-state index in [1.807, 2.05) is 16.3 Å². The second-order valence-electron chi connectivity index (χ2n) is 5.98. The van der Waals surface area contributed by atoms with Crippen molar-refractivity contribution in [1.82, 2.24) is 24.6 Å². The summed E-state index contributed by atoms with van der Waals surface area (Å²) < 4.78 is 12.1. The Bertz CT molecular complexity index is 688. The van der Waals surface area contributed by atoms with Gasteiger partial charge in [0.1, 0.15) is 11.6 Å². The first-order valence-corrected chi connectivity index (χ1v) is 9.07. The molecule has 9 heteroatoms. The van der Waals surface area contributed by atoms with Crippen LogP contribution in [0, 0.1) is 0 Å². The van der Waals surface area contributed by atoms with Crippen LogP contribution in [0.15, 0.2) is 17.6 Å². The summed E-state index contributed by atoms with van der Waals surface area (Å²) in [5.74, 6) is 0. The Labute approximate surface area is 151 Å². The number of carbonyl (C=O) groups is 1. The molecule has 0 unspecified atom stereocenters. The van der Waals surface area contributed by atoms with E-state index < -0.39 is 0 Å². The van der Waals surface area contributed by atoms with Crippen LogP contribution in [0.25, 0.3) is 0 Å². The number of ether oxygens (including phenoxy) is 2. The van der Waals surface area contributed by atoms with Crippen molar-refractivity contribution in [3.8, 4) is 0 Å². The van der Waals surface area contributed by atoms with Crippen molar-refractivity contribution in [3.05, 3.63) is 34.0 Å². The minimum Gasteiger partial charge on any atom is -0.447 e. The number of aromatic nitrogens is 3. The van der Waals surface area contributed by atoms with Crippen LogP contribution in [0.5, 0.6) is 0 Å². The molecule has 0 aromatic carbocycles. The first-order valence-electron chi connectivity index (χ1n) is 8.19. The van der Waals surface area contributed by atoms with Gasteiger partial charge >= 0.3 is 6.09 Å². The molecule has 0 N–H and O–H groups in total. The third kappa shape index (κ3) is 4.77. The summed E-state index contributed by atoms with van der Waals surface area (Å²) in [6.07, 6.45) is 1.52. The summed E-state index contributed by atoms with van der Waals surface area (Å²) in [5, 5.41) is 7.73. The summed E-state index contributed by atoms with van der Waals surface area (Å²) in [4.78, 5) is 20.2. The number of thiazole rings is 1. The lowest BCUT2D eigenvalue weighted by molar-refractivity contribution is 0.0649. The Balaban J connectivity index is 1.54. The average molecular weight is 365 g/mol. The van der Waals surface area contributed by atoms with Gasteiger partial charge in [0.25, 0.3) is 0 Å². The van der Waals surface area contributed by atoms with Gasteiger partial charge in [-0.05, 0) is 13.1 Å². The van der Waals surface area contributed by atoms with Crippen molar-refractivity contribution < 1.29 is 14.3 Å². The van der Waals surface area contributed by atoms with Gasteiger partial charge in [0.2, 0.25) is 0 Å². The maximum atomic E-state index is 12.0. The lowest BCUT2D eigenvalue weighted by atomic mass is 10.3. The Kier molecular flexibility index (Phi) is 6.00. The lowest BCUT2D eigenvalue weighted by Gasteiger charge is -2.26. The third-order valence-corrected chi connectivity index (χ3v) is 4.70. The van der Waals surface area contributed by atoms with Crippen molar-refractivity contribution in [3.63, 3.8) is 0 Å². The maximum absolute atomic E-state index is 12.0. The first-order chi connectivity index (χ1) is 12.2. The summed E-state index contributed by atoms with van der Waals surface area (Å²) in [7, 11) is 3.64. The summed E-state index contributed by atoms with van der Waals surface area (Å²) in [5.41, 5.74) is 2.04. The van der Waals surface area contributed by atoms with Gasteiger partial charge < -0.3 is 14.4 Å². The molecule has 0 aliphatic carbocycles. The second-order valence-corrected chi connectivity index (χ2v) is 6.96. The van der Waals surface area contributed by atoms with Gasteiger partial charge in [-0.3, -0.25) is 9.58 Å². The van der Waals surface area contributed by atoms with Gasteiger partial charge in [0.05, 0.1) is 37.6 Å². The predicted molar refractivity (Wildman–Crippen MR) is 93.1 cm³/mol. The molecule has 1 amide bonds. The SMILES string of the molecule is COCCOC(=O)N1CCn2nc(CN(C)Cc3nccs3)cc2C1. The van der Waals surface area contributed by atoms with E-state index in [-0.39, 0.29) is 12.7 Å². The van der Waals surface area contributed by atoms with E-state index in [2.05, 4.69) is 28.1 Å². The van der Waals surface area contributed by atoms with Gasteiger partial charge in [0.15, 0.2) is 0 Å².